The number of imidazole rings is 1. The van der Waals surface area contributed by atoms with Gasteiger partial charge in [0.1, 0.15) is 18.1 Å². The third-order valence-electron chi connectivity index (χ3n) is 5.03. The Bertz CT molecular complexity index is 1290. The van der Waals surface area contributed by atoms with Crippen molar-refractivity contribution in [3.8, 4) is 5.75 Å². The number of nitrogens with zero attached hydrogens (tertiary/aromatic N) is 2. The van der Waals surface area contributed by atoms with Crippen molar-refractivity contribution in [2.75, 3.05) is 18.2 Å². The van der Waals surface area contributed by atoms with Crippen LogP contribution in [0.2, 0.25) is 0 Å². The molecule has 1 heterocycles. The normalized spacial score (nSPS) is 10.8. The number of amides is 2. The molecule has 0 radical (unpaired) electrons. The van der Waals surface area contributed by atoms with Crippen LogP contribution in [0.15, 0.2) is 78.0 Å². The first kappa shape index (κ1) is 23.3. The smallest absolute Gasteiger partial charge is 0.240 e. The molecule has 2 N–H and O–H groups in total. The van der Waals surface area contributed by atoms with Crippen LogP contribution in [0.3, 0.4) is 0 Å². The number of halogens is 1. The summed E-state index contributed by atoms with van der Waals surface area (Å²) in [6.07, 6.45) is 0. The molecule has 1 aromatic heterocycles. The average molecular weight is 479 g/mol. The van der Waals surface area contributed by atoms with Crippen LogP contribution < -0.4 is 15.4 Å². The summed E-state index contributed by atoms with van der Waals surface area (Å²) in [4.78, 5) is 29.7. The summed E-state index contributed by atoms with van der Waals surface area (Å²) in [7, 11) is 1.61. The van der Waals surface area contributed by atoms with Gasteiger partial charge in [0, 0.05) is 12.2 Å². The van der Waals surface area contributed by atoms with E-state index in [0.717, 1.165) is 22.3 Å². The van der Waals surface area contributed by atoms with E-state index in [1.54, 1.807) is 11.7 Å². The standard InChI is InChI=1S/C25H23FN4O3S/c1-33-20-12-6-17(7-13-20)14-27-23(31)15-30-22-5-3-2-4-21(22)29-25(30)34-16-24(32)28-19-10-8-18(26)9-11-19/h2-13H,14-16H2,1H3,(H,27,31)(H,28,32). The van der Waals surface area contributed by atoms with Gasteiger partial charge in [0.25, 0.3) is 0 Å². The van der Waals surface area contributed by atoms with E-state index >= 15 is 0 Å². The number of hydrogen-bond acceptors (Lipinski definition) is 5. The molecule has 9 heteroatoms. The monoisotopic (exact) mass is 478 g/mol. The maximum Gasteiger partial charge on any atom is 0.240 e. The highest BCUT2D eigenvalue weighted by atomic mass is 32.2. The lowest BCUT2D eigenvalue weighted by Gasteiger charge is -2.10. The zero-order chi connectivity index (χ0) is 23.9. The van der Waals surface area contributed by atoms with E-state index in [0.29, 0.717) is 17.4 Å². The van der Waals surface area contributed by atoms with Gasteiger partial charge in [-0.1, -0.05) is 36.0 Å². The summed E-state index contributed by atoms with van der Waals surface area (Å²) in [5, 5.41) is 6.21. The summed E-state index contributed by atoms with van der Waals surface area (Å²) < 4.78 is 20.0. The highest BCUT2D eigenvalue weighted by molar-refractivity contribution is 7.99. The molecule has 0 aliphatic carbocycles. The first-order valence-electron chi connectivity index (χ1n) is 10.5. The van der Waals surface area contributed by atoms with E-state index in [9.17, 15) is 14.0 Å². The van der Waals surface area contributed by atoms with Crippen molar-refractivity contribution < 1.29 is 18.7 Å². The van der Waals surface area contributed by atoms with Gasteiger partial charge >= 0.3 is 0 Å². The number of carbonyl (C=O) groups excluding carboxylic acids is 2. The molecule has 0 saturated carbocycles. The van der Waals surface area contributed by atoms with E-state index < -0.39 is 0 Å². The number of aromatic nitrogens is 2. The van der Waals surface area contributed by atoms with Gasteiger partial charge in [0.05, 0.1) is 23.9 Å². The van der Waals surface area contributed by atoms with Crippen molar-refractivity contribution in [1.82, 2.24) is 14.9 Å². The quantitative estimate of drug-likeness (QED) is 0.352. The lowest BCUT2D eigenvalue weighted by molar-refractivity contribution is -0.121. The number of hydrogen-bond donors (Lipinski definition) is 2. The highest BCUT2D eigenvalue weighted by Gasteiger charge is 2.15. The zero-order valence-electron chi connectivity index (χ0n) is 18.5. The minimum absolute atomic E-state index is 0.0680. The summed E-state index contributed by atoms with van der Waals surface area (Å²) in [6, 6.07) is 20.6. The van der Waals surface area contributed by atoms with Crippen molar-refractivity contribution >= 4 is 40.3 Å². The molecule has 174 valence electrons. The van der Waals surface area contributed by atoms with Crippen molar-refractivity contribution in [1.29, 1.82) is 0 Å². The molecule has 3 aromatic carbocycles. The zero-order valence-corrected chi connectivity index (χ0v) is 19.3. The second-order valence-electron chi connectivity index (χ2n) is 7.44. The molecule has 4 rings (SSSR count). The van der Waals surface area contributed by atoms with E-state index in [-0.39, 0.29) is 29.9 Å². The summed E-state index contributed by atoms with van der Waals surface area (Å²) in [5.41, 5.74) is 3.02. The van der Waals surface area contributed by atoms with Gasteiger partial charge < -0.3 is 19.9 Å². The van der Waals surface area contributed by atoms with Crippen LogP contribution in [0.25, 0.3) is 11.0 Å². The van der Waals surface area contributed by atoms with Gasteiger partial charge in [0.2, 0.25) is 11.8 Å². The molecule has 0 aliphatic heterocycles. The Morgan fingerprint density at radius 1 is 1.00 bits per heavy atom. The van der Waals surface area contributed by atoms with Crippen LogP contribution >= 0.6 is 11.8 Å². The Balaban J connectivity index is 1.41. The fourth-order valence-electron chi connectivity index (χ4n) is 3.32. The Hall–Kier alpha value is -3.85. The van der Waals surface area contributed by atoms with E-state index in [1.807, 2.05) is 48.5 Å². The van der Waals surface area contributed by atoms with Crippen molar-refractivity contribution in [3.63, 3.8) is 0 Å². The Morgan fingerprint density at radius 2 is 1.74 bits per heavy atom. The van der Waals surface area contributed by atoms with Gasteiger partial charge in [0.15, 0.2) is 5.16 Å². The van der Waals surface area contributed by atoms with Crippen LogP contribution in [0.4, 0.5) is 10.1 Å². The number of fused-ring (bicyclic) bond motifs is 1. The lowest BCUT2D eigenvalue weighted by atomic mass is 10.2. The number of benzene rings is 3. The molecule has 0 bridgehead atoms. The van der Waals surface area contributed by atoms with E-state index in [2.05, 4.69) is 15.6 Å². The highest BCUT2D eigenvalue weighted by Crippen LogP contribution is 2.24. The summed E-state index contributed by atoms with van der Waals surface area (Å²) in [6.45, 7) is 0.455. The number of carbonyl (C=O) groups is 2. The average Bonchev–Trinajstić information content (AvgIpc) is 3.20. The molecule has 0 aliphatic rings. The minimum Gasteiger partial charge on any atom is -0.497 e. The molecule has 34 heavy (non-hydrogen) atoms. The third kappa shape index (κ3) is 5.93. The van der Waals surface area contributed by atoms with Gasteiger partial charge in [-0.15, -0.1) is 0 Å². The summed E-state index contributed by atoms with van der Waals surface area (Å²) in [5.74, 6) is 0.0564. The molecule has 0 atom stereocenters. The lowest BCUT2D eigenvalue weighted by Crippen LogP contribution is -2.27. The topological polar surface area (TPSA) is 85.2 Å². The van der Waals surface area contributed by atoms with Gasteiger partial charge in [-0.25, -0.2) is 9.37 Å². The molecular weight excluding hydrogens is 455 g/mol. The van der Waals surface area contributed by atoms with E-state index in [1.165, 1.54) is 36.0 Å². The maximum absolute atomic E-state index is 13.1. The first-order chi connectivity index (χ1) is 16.5. The Kier molecular flexibility index (Phi) is 7.44. The Morgan fingerprint density at radius 3 is 2.47 bits per heavy atom. The molecule has 0 fully saturated rings. The molecular formula is C25H23FN4O3S. The number of thioether (sulfide) groups is 1. The number of anilines is 1. The predicted molar refractivity (Wildman–Crippen MR) is 130 cm³/mol. The molecule has 0 saturated heterocycles. The molecule has 2 amide bonds. The van der Waals surface area contributed by atoms with Crippen LogP contribution in [-0.2, 0) is 22.7 Å². The molecule has 7 nitrogen and oxygen atoms in total. The SMILES string of the molecule is COc1ccc(CNC(=O)Cn2c(SCC(=O)Nc3ccc(F)cc3)nc3ccccc32)cc1. The van der Waals surface area contributed by atoms with E-state index in [4.69, 9.17) is 4.74 Å². The van der Waals surface area contributed by atoms with Gasteiger partial charge in [-0.3, -0.25) is 9.59 Å². The van der Waals surface area contributed by atoms with Gasteiger partial charge in [-0.2, -0.15) is 0 Å². The fraction of sp³-hybridized carbons (Fsp3) is 0.160. The van der Waals surface area contributed by atoms with Gasteiger partial charge in [-0.05, 0) is 54.1 Å². The van der Waals surface area contributed by atoms with Crippen LogP contribution in [-0.4, -0.2) is 34.2 Å². The third-order valence-corrected chi connectivity index (χ3v) is 6.01. The van der Waals surface area contributed by atoms with Crippen molar-refractivity contribution in [3.05, 3.63) is 84.2 Å². The number of ether oxygens (including phenoxy) is 1. The second-order valence-corrected chi connectivity index (χ2v) is 8.38. The molecule has 0 unspecified atom stereocenters. The predicted octanol–water partition coefficient (Wildman–Crippen LogP) is 4.23. The minimum atomic E-state index is -0.369. The number of methoxy groups -OCH3 is 1. The number of rotatable bonds is 9. The van der Waals surface area contributed by atoms with Crippen LogP contribution in [0, 0.1) is 5.82 Å². The maximum atomic E-state index is 13.1. The molecule has 4 aromatic rings. The number of para-hydroxylation sites is 2. The summed E-state index contributed by atoms with van der Waals surface area (Å²) >= 11 is 1.24. The van der Waals surface area contributed by atoms with Crippen molar-refractivity contribution in [2.24, 2.45) is 0 Å². The number of nitrogens with one attached hydrogen (secondary N) is 2. The first-order valence-corrected chi connectivity index (χ1v) is 11.5. The van der Waals surface area contributed by atoms with Crippen molar-refractivity contribution in [2.45, 2.75) is 18.2 Å². The molecule has 0 spiro atoms. The Labute approximate surface area is 200 Å². The van der Waals surface area contributed by atoms with Crippen LogP contribution in [0.5, 0.6) is 5.75 Å². The van der Waals surface area contributed by atoms with Crippen LogP contribution in [0.1, 0.15) is 5.56 Å². The second kappa shape index (κ2) is 10.8. The largest absolute Gasteiger partial charge is 0.497 e. The fourth-order valence-corrected chi connectivity index (χ4v) is 4.13.